The first-order chi connectivity index (χ1) is 12.8. The molecule has 0 radical (unpaired) electrons. The van der Waals surface area contributed by atoms with Crippen molar-refractivity contribution < 1.29 is 4.79 Å². The van der Waals surface area contributed by atoms with Crippen molar-refractivity contribution in [1.29, 1.82) is 0 Å². The average Bonchev–Trinajstić information content (AvgIpc) is 3.17. The van der Waals surface area contributed by atoms with Crippen molar-refractivity contribution in [3.63, 3.8) is 0 Å². The maximum absolute atomic E-state index is 13.3. The molecule has 2 aromatic heterocycles. The maximum atomic E-state index is 13.3. The minimum atomic E-state index is -0.135. The molecule has 27 heavy (non-hydrogen) atoms. The second-order valence-electron chi connectivity index (χ2n) is 7.08. The van der Waals surface area contributed by atoms with Crippen LogP contribution in [0.1, 0.15) is 36.1 Å². The molecule has 0 aliphatic heterocycles. The Morgan fingerprint density at radius 2 is 2.00 bits per heavy atom. The first kappa shape index (κ1) is 19.8. The lowest BCUT2D eigenvalue weighted by Gasteiger charge is -2.21. The fourth-order valence-electron chi connectivity index (χ4n) is 2.84. The lowest BCUT2D eigenvalue weighted by molar-refractivity contribution is 0.0979. The van der Waals surface area contributed by atoms with Crippen LogP contribution in [0.3, 0.4) is 0 Å². The number of carbonyl (C=O) groups excluding carboxylic acids is 1. The van der Waals surface area contributed by atoms with Crippen LogP contribution in [0.2, 0.25) is 5.02 Å². The van der Waals surface area contributed by atoms with E-state index in [0.717, 1.165) is 22.5 Å². The van der Waals surface area contributed by atoms with E-state index in [0.29, 0.717) is 22.4 Å². The number of hydrogen-bond donors (Lipinski definition) is 0. The number of rotatable bonds is 6. The number of nitrogens with zero attached hydrogens (tertiary/aromatic N) is 5. The number of aromatic nitrogens is 3. The highest BCUT2D eigenvalue weighted by atomic mass is 35.5. The molecule has 0 saturated carbocycles. The van der Waals surface area contributed by atoms with E-state index in [2.05, 4.69) is 23.9 Å². The van der Waals surface area contributed by atoms with Crippen molar-refractivity contribution in [2.75, 3.05) is 32.1 Å². The van der Waals surface area contributed by atoms with Crippen molar-refractivity contribution in [1.82, 2.24) is 19.7 Å². The Bertz CT molecular complexity index is 962. The molecule has 2 heterocycles. The summed E-state index contributed by atoms with van der Waals surface area (Å²) in [4.78, 5) is 21.7. The monoisotopic (exact) mass is 405 g/mol. The third-order valence-corrected chi connectivity index (χ3v) is 5.49. The number of anilines is 1. The molecule has 3 rings (SSSR count). The summed E-state index contributed by atoms with van der Waals surface area (Å²) in [6.07, 6.45) is 0. The molecule has 0 spiro atoms. The molecule has 0 N–H and O–H groups in total. The second kappa shape index (κ2) is 7.96. The van der Waals surface area contributed by atoms with Crippen LogP contribution < -0.4 is 4.90 Å². The Kier molecular flexibility index (Phi) is 5.83. The van der Waals surface area contributed by atoms with Gasteiger partial charge in [-0.15, -0.1) is 0 Å². The zero-order chi connectivity index (χ0) is 19.7. The minimum absolute atomic E-state index is 0.135. The van der Waals surface area contributed by atoms with Crippen LogP contribution in [0.25, 0.3) is 10.2 Å². The molecule has 1 amide bonds. The van der Waals surface area contributed by atoms with Crippen molar-refractivity contribution in [2.24, 2.45) is 0 Å². The summed E-state index contributed by atoms with van der Waals surface area (Å²) in [5.74, 6) is -0.135. The summed E-state index contributed by atoms with van der Waals surface area (Å²) < 4.78 is 2.83. The Morgan fingerprint density at radius 1 is 1.26 bits per heavy atom. The van der Waals surface area contributed by atoms with Crippen LogP contribution in [0.15, 0.2) is 24.3 Å². The van der Waals surface area contributed by atoms with Gasteiger partial charge in [-0.1, -0.05) is 22.9 Å². The number of halogens is 1. The molecule has 0 aliphatic rings. The van der Waals surface area contributed by atoms with E-state index in [1.54, 1.807) is 4.90 Å². The molecule has 0 bridgehead atoms. The van der Waals surface area contributed by atoms with Crippen LogP contribution in [-0.2, 0) is 0 Å². The van der Waals surface area contributed by atoms with Crippen molar-refractivity contribution in [3.05, 3.63) is 40.7 Å². The number of hydrogen-bond acceptors (Lipinski definition) is 5. The molecular formula is C19H24ClN5OS. The van der Waals surface area contributed by atoms with Gasteiger partial charge in [0, 0.05) is 29.8 Å². The van der Waals surface area contributed by atoms with Gasteiger partial charge in [-0.05, 0) is 59.1 Å². The van der Waals surface area contributed by atoms with Crippen molar-refractivity contribution >= 4 is 44.2 Å². The van der Waals surface area contributed by atoms with E-state index in [4.69, 9.17) is 11.6 Å². The van der Waals surface area contributed by atoms with Crippen LogP contribution in [0.5, 0.6) is 0 Å². The predicted octanol–water partition coefficient (Wildman–Crippen LogP) is 4.24. The van der Waals surface area contributed by atoms with Gasteiger partial charge < -0.3 is 4.90 Å². The molecule has 0 aliphatic carbocycles. The van der Waals surface area contributed by atoms with Gasteiger partial charge in [-0.25, -0.2) is 4.98 Å². The molecule has 8 heteroatoms. The Balaban J connectivity index is 1.98. The SMILES string of the molecule is Cc1cc(C(=O)N(CCN(C)C)c2nc3ccc(Cl)cc3s2)nn1C(C)C. The highest BCUT2D eigenvalue weighted by molar-refractivity contribution is 7.22. The largest absolute Gasteiger partial charge is 0.308 e. The van der Waals surface area contributed by atoms with Crippen LogP contribution >= 0.6 is 22.9 Å². The summed E-state index contributed by atoms with van der Waals surface area (Å²) in [5, 5.41) is 5.84. The maximum Gasteiger partial charge on any atom is 0.280 e. The number of benzene rings is 1. The zero-order valence-electron chi connectivity index (χ0n) is 16.2. The van der Waals surface area contributed by atoms with Gasteiger partial charge in [-0.2, -0.15) is 5.10 Å². The molecule has 0 fully saturated rings. The standard InChI is InChI=1S/C19H24ClN5OS/c1-12(2)25-13(3)10-16(22-25)18(26)24(9-8-23(4)5)19-21-15-7-6-14(20)11-17(15)27-19/h6-7,10-12H,8-9H2,1-5H3. The second-order valence-corrected chi connectivity index (χ2v) is 8.52. The van der Waals surface area contributed by atoms with Gasteiger partial charge in [0.1, 0.15) is 0 Å². The molecular weight excluding hydrogens is 382 g/mol. The number of aryl methyl sites for hydroxylation is 1. The quantitative estimate of drug-likeness (QED) is 0.615. The summed E-state index contributed by atoms with van der Waals surface area (Å²) >= 11 is 7.57. The van der Waals surface area contributed by atoms with E-state index in [1.807, 2.05) is 54.9 Å². The lowest BCUT2D eigenvalue weighted by Crippen LogP contribution is -2.37. The van der Waals surface area contributed by atoms with E-state index in [1.165, 1.54) is 11.3 Å². The smallest absolute Gasteiger partial charge is 0.280 e. The molecule has 6 nitrogen and oxygen atoms in total. The lowest BCUT2D eigenvalue weighted by atomic mass is 10.3. The number of carbonyl (C=O) groups is 1. The predicted molar refractivity (Wildman–Crippen MR) is 112 cm³/mol. The molecule has 1 aromatic carbocycles. The van der Waals surface area contributed by atoms with E-state index in [-0.39, 0.29) is 11.9 Å². The summed E-state index contributed by atoms with van der Waals surface area (Å²) in [6.45, 7) is 7.33. The number of amides is 1. The topological polar surface area (TPSA) is 54.3 Å². The normalized spacial score (nSPS) is 11.7. The number of thiazole rings is 1. The first-order valence-corrected chi connectivity index (χ1v) is 10.0. The highest BCUT2D eigenvalue weighted by Gasteiger charge is 2.24. The Labute approximate surface area is 168 Å². The Hall–Kier alpha value is -1.96. The number of fused-ring (bicyclic) bond motifs is 1. The van der Waals surface area contributed by atoms with E-state index < -0.39 is 0 Å². The minimum Gasteiger partial charge on any atom is -0.308 e. The van der Waals surface area contributed by atoms with Gasteiger partial charge in [0.15, 0.2) is 10.8 Å². The molecule has 144 valence electrons. The third-order valence-electron chi connectivity index (χ3n) is 4.22. The van der Waals surface area contributed by atoms with E-state index >= 15 is 0 Å². The number of likely N-dealkylation sites (N-methyl/N-ethyl adjacent to an activating group) is 1. The summed E-state index contributed by atoms with van der Waals surface area (Å²) in [5.41, 5.74) is 2.25. The third kappa shape index (κ3) is 4.31. The van der Waals surface area contributed by atoms with Gasteiger partial charge in [0.25, 0.3) is 5.91 Å². The fraction of sp³-hybridized carbons (Fsp3) is 0.421. The van der Waals surface area contributed by atoms with Crippen LogP contribution in [-0.4, -0.2) is 52.8 Å². The molecule has 3 aromatic rings. The first-order valence-electron chi connectivity index (χ1n) is 8.85. The summed E-state index contributed by atoms with van der Waals surface area (Å²) in [6, 6.07) is 7.61. The molecule has 0 atom stereocenters. The Morgan fingerprint density at radius 3 is 2.63 bits per heavy atom. The fourth-order valence-corrected chi connectivity index (χ4v) is 4.11. The van der Waals surface area contributed by atoms with Gasteiger partial charge in [-0.3, -0.25) is 14.4 Å². The highest BCUT2D eigenvalue weighted by Crippen LogP contribution is 2.31. The van der Waals surface area contributed by atoms with Gasteiger partial charge in [0.2, 0.25) is 0 Å². The average molecular weight is 406 g/mol. The van der Waals surface area contributed by atoms with Crippen molar-refractivity contribution in [3.8, 4) is 0 Å². The van der Waals surface area contributed by atoms with E-state index in [9.17, 15) is 4.79 Å². The van der Waals surface area contributed by atoms with Crippen LogP contribution in [0, 0.1) is 6.92 Å². The van der Waals surface area contributed by atoms with Crippen LogP contribution in [0.4, 0.5) is 5.13 Å². The van der Waals surface area contributed by atoms with Crippen molar-refractivity contribution in [2.45, 2.75) is 26.8 Å². The zero-order valence-corrected chi connectivity index (χ0v) is 17.8. The van der Waals surface area contributed by atoms with Gasteiger partial charge >= 0.3 is 0 Å². The molecule has 0 saturated heterocycles. The summed E-state index contributed by atoms with van der Waals surface area (Å²) in [7, 11) is 3.97. The van der Waals surface area contributed by atoms with Gasteiger partial charge in [0.05, 0.1) is 10.2 Å². The molecule has 0 unspecified atom stereocenters.